The van der Waals surface area contributed by atoms with Gasteiger partial charge in [-0.2, -0.15) is 0 Å². The van der Waals surface area contributed by atoms with Crippen LogP contribution in [0.4, 0.5) is 0 Å². The van der Waals surface area contributed by atoms with Crippen molar-refractivity contribution in [3.63, 3.8) is 0 Å². The summed E-state index contributed by atoms with van der Waals surface area (Å²) in [5.74, 6) is 0.381. The highest BCUT2D eigenvalue weighted by atomic mass is 16.3. The zero-order valence-electron chi connectivity index (χ0n) is 7.70. The van der Waals surface area contributed by atoms with Gasteiger partial charge >= 0.3 is 0 Å². The van der Waals surface area contributed by atoms with E-state index in [1.54, 1.807) is 4.90 Å². The lowest BCUT2D eigenvalue weighted by atomic mass is 10.1. The number of nitrogens with one attached hydrogen (secondary N) is 1. The molecule has 1 amide bonds. The first-order valence-electron chi connectivity index (χ1n) is 4.95. The molecule has 0 saturated carbocycles. The van der Waals surface area contributed by atoms with Crippen LogP contribution < -0.4 is 5.32 Å². The highest BCUT2D eigenvalue weighted by molar-refractivity contribution is 5.79. The highest BCUT2D eigenvalue weighted by Crippen LogP contribution is 2.16. The first kappa shape index (κ1) is 8.97. The highest BCUT2D eigenvalue weighted by Gasteiger charge is 2.31. The van der Waals surface area contributed by atoms with Gasteiger partial charge in [-0.05, 0) is 19.4 Å². The Hall–Kier alpha value is -0.610. The molecule has 2 N–H and O–H groups in total. The lowest BCUT2D eigenvalue weighted by Crippen LogP contribution is -2.35. The first-order valence-corrected chi connectivity index (χ1v) is 4.95. The van der Waals surface area contributed by atoms with Crippen molar-refractivity contribution in [2.24, 2.45) is 5.92 Å². The molecule has 0 spiro atoms. The summed E-state index contributed by atoms with van der Waals surface area (Å²) in [4.78, 5) is 13.6. The lowest BCUT2D eigenvalue weighted by Gasteiger charge is -2.19. The number of hydrogen-bond acceptors (Lipinski definition) is 3. The minimum atomic E-state index is -0.293. The van der Waals surface area contributed by atoms with E-state index in [9.17, 15) is 9.90 Å². The molecule has 1 unspecified atom stereocenters. The van der Waals surface area contributed by atoms with Crippen LogP contribution in [-0.2, 0) is 4.79 Å². The molecule has 74 valence electrons. The molecule has 13 heavy (non-hydrogen) atoms. The normalized spacial score (nSPS) is 34.1. The molecular weight excluding hydrogens is 168 g/mol. The van der Waals surface area contributed by atoms with Crippen molar-refractivity contribution in [3.05, 3.63) is 0 Å². The van der Waals surface area contributed by atoms with E-state index < -0.39 is 0 Å². The Bertz CT molecular complexity index is 202. The molecule has 2 aliphatic heterocycles. The van der Waals surface area contributed by atoms with E-state index in [2.05, 4.69) is 5.32 Å². The largest absolute Gasteiger partial charge is 0.391 e. The van der Waals surface area contributed by atoms with E-state index in [0.29, 0.717) is 6.54 Å². The topological polar surface area (TPSA) is 52.6 Å². The van der Waals surface area contributed by atoms with Gasteiger partial charge in [-0.25, -0.2) is 0 Å². The molecule has 0 aromatic carbocycles. The number of carbonyl (C=O) groups is 1. The maximum absolute atomic E-state index is 11.8. The van der Waals surface area contributed by atoms with Crippen molar-refractivity contribution < 1.29 is 9.90 Å². The Morgan fingerprint density at radius 3 is 2.85 bits per heavy atom. The van der Waals surface area contributed by atoms with Crippen LogP contribution in [0.25, 0.3) is 0 Å². The fourth-order valence-corrected chi connectivity index (χ4v) is 2.07. The van der Waals surface area contributed by atoms with E-state index in [1.165, 1.54) is 0 Å². The van der Waals surface area contributed by atoms with E-state index in [4.69, 9.17) is 0 Å². The molecule has 2 heterocycles. The fraction of sp³-hybridized carbons (Fsp3) is 0.889. The molecule has 2 fully saturated rings. The summed E-state index contributed by atoms with van der Waals surface area (Å²) in [7, 11) is 0. The van der Waals surface area contributed by atoms with Gasteiger partial charge in [0.1, 0.15) is 0 Å². The summed E-state index contributed by atoms with van der Waals surface area (Å²) in [5.41, 5.74) is 0. The molecule has 0 radical (unpaired) electrons. The summed E-state index contributed by atoms with van der Waals surface area (Å²) in [5, 5.41) is 12.5. The number of nitrogens with zero attached hydrogens (tertiary/aromatic N) is 1. The molecule has 0 aliphatic carbocycles. The Morgan fingerprint density at radius 2 is 2.31 bits per heavy atom. The second kappa shape index (κ2) is 3.64. The first-order chi connectivity index (χ1) is 6.27. The number of likely N-dealkylation sites (tertiary alicyclic amines) is 1. The zero-order chi connectivity index (χ0) is 9.26. The summed E-state index contributed by atoms with van der Waals surface area (Å²) in [6.07, 6.45) is 1.40. The third-order valence-corrected chi connectivity index (χ3v) is 2.88. The molecule has 2 atom stereocenters. The van der Waals surface area contributed by atoms with Gasteiger partial charge in [0.05, 0.1) is 12.0 Å². The van der Waals surface area contributed by atoms with Crippen molar-refractivity contribution in [1.29, 1.82) is 0 Å². The SMILES string of the molecule is O=C(C1CCNC1)N1CC[C@H](O)C1. The molecule has 2 rings (SSSR count). The lowest BCUT2D eigenvalue weighted by molar-refractivity contribution is -0.134. The number of hydrogen-bond donors (Lipinski definition) is 2. The van der Waals surface area contributed by atoms with Gasteiger partial charge in [-0.1, -0.05) is 0 Å². The minimum absolute atomic E-state index is 0.158. The third kappa shape index (κ3) is 1.84. The Morgan fingerprint density at radius 1 is 1.46 bits per heavy atom. The number of carbonyl (C=O) groups excluding carboxylic acids is 1. The Kier molecular flexibility index (Phi) is 2.51. The zero-order valence-corrected chi connectivity index (χ0v) is 7.70. The van der Waals surface area contributed by atoms with E-state index in [0.717, 1.165) is 32.5 Å². The molecule has 0 aromatic rings. The molecule has 0 aromatic heterocycles. The summed E-state index contributed by atoms with van der Waals surface area (Å²) < 4.78 is 0. The predicted octanol–water partition coefficient (Wildman–Crippen LogP) is -0.811. The van der Waals surface area contributed by atoms with Crippen LogP contribution in [-0.4, -0.2) is 48.2 Å². The van der Waals surface area contributed by atoms with Crippen LogP contribution in [0.1, 0.15) is 12.8 Å². The molecule has 4 heteroatoms. The number of aliphatic hydroxyl groups excluding tert-OH is 1. The van der Waals surface area contributed by atoms with Crippen LogP contribution >= 0.6 is 0 Å². The van der Waals surface area contributed by atoms with Gasteiger partial charge in [-0.3, -0.25) is 4.79 Å². The number of β-amino-alcohol motifs (C(OH)–C–C–N with tert-alkyl or cyclic N) is 1. The van der Waals surface area contributed by atoms with Gasteiger partial charge in [-0.15, -0.1) is 0 Å². The molecule has 4 nitrogen and oxygen atoms in total. The molecule has 0 bridgehead atoms. The third-order valence-electron chi connectivity index (χ3n) is 2.88. The Labute approximate surface area is 77.9 Å². The predicted molar refractivity (Wildman–Crippen MR) is 48.2 cm³/mol. The average molecular weight is 184 g/mol. The van der Waals surface area contributed by atoms with Gasteiger partial charge < -0.3 is 15.3 Å². The standard InChI is InChI=1S/C9H16N2O2/c12-8-2-4-11(6-8)9(13)7-1-3-10-5-7/h7-8,10,12H,1-6H2/t7?,8-/m0/s1. The fourth-order valence-electron chi connectivity index (χ4n) is 2.07. The van der Waals surface area contributed by atoms with Crippen molar-refractivity contribution in [3.8, 4) is 0 Å². The van der Waals surface area contributed by atoms with Gasteiger partial charge in [0.15, 0.2) is 0 Å². The van der Waals surface area contributed by atoms with Crippen LogP contribution in [0.5, 0.6) is 0 Å². The van der Waals surface area contributed by atoms with Crippen LogP contribution in [0, 0.1) is 5.92 Å². The van der Waals surface area contributed by atoms with Crippen molar-refractivity contribution in [2.75, 3.05) is 26.2 Å². The van der Waals surface area contributed by atoms with E-state index in [-0.39, 0.29) is 17.9 Å². The van der Waals surface area contributed by atoms with E-state index >= 15 is 0 Å². The monoisotopic (exact) mass is 184 g/mol. The number of aliphatic hydroxyl groups is 1. The molecular formula is C9H16N2O2. The second-order valence-corrected chi connectivity index (χ2v) is 3.92. The molecule has 2 aliphatic rings. The van der Waals surface area contributed by atoms with Crippen LogP contribution in [0.15, 0.2) is 0 Å². The summed E-state index contributed by atoms with van der Waals surface area (Å²) in [6.45, 7) is 3.03. The smallest absolute Gasteiger partial charge is 0.227 e. The number of amides is 1. The minimum Gasteiger partial charge on any atom is -0.391 e. The van der Waals surface area contributed by atoms with Crippen molar-refractivity contribution in [1.82, 2.24) is 10.2 Å². The maximum atomic E-state index is 11.8. The van der Waals surface area contributed by atoms with Gasteiger partial charge in [0, 0.05) is 19.6 Å². The summed E-state index contributed by atoms with van der Waals surface area (Å²) >= 11 is 0. The maximum Gasteiger partial charge on any atom is 0.227 e. The summed E-state index contributed by atoms with van der Waals surface area (Å²) in [6, 6.07) is 0. The number of rotatable bonds is 1. The van der Waals surface area contributed by atoms with Crippen LogP contribution in [0.2, 0.25) is 0 Å². The van der Waals surface area contributed by atoms with Gasteiger partial charge in [0.25, 0.3) is 0 Å². The Balaban J connectivity index is 1.89. The quantitative estimate of drug-likeness (QED) is 0.560. The van der Waals surface area contributed by atoms with Crippen LogP contribution in [0.3, 0.4) is 0 Å². The van der Waals surface area contributed by atoms with Crippen molar-refractivity contribution >= 4 is 5.91 Å². The van der Waals surface area contributed by atoms with Crippen molar-refractivity contribution in [2.45, 2.75) is 18.9 Å². The van der Waals surface area contributed by atoms with E-state index in [1.807, 2.05) is 0 Å². The molecule has 2 saturated heterocycles. The average Bonchev–Trinajstić information content (AvgIpc) is 2.72. The second-order valence-electron chi connectivity index (χ2n) is 3.92. The van der Waals surface area contributed by atoms with Gasteiger partial charge in [0.2, 0.25) is 5.91 Å².